The zero-order chi connectivity index (χ0) is 14.9. The fourth-order valence-corrected chi connectivity index (χ4v) is 2.51. The average molecular weight is 312 g/mol. The minimum Gasteiger partial charge on any atom is -0.453 e. The molecule has 22 heavy (non-hydrogen) atoms. The molecule has 4 rings (SSSR count). The van der Waals surface area contributed by atoms with Crippen molar-refractivity contribution in [2.75, 3.05) is 0 Å². The molecule has 1 saturated carbocycles. The Kier molecular flexibility index (Phi) is 3.31. The Bertz CT molecular complexity index is 797. The summed E-state index contributed by atoms with van der Waals surface area (Å²) in [4.78, 5) is 3.97. The van der Waals surface area contributed by atoms with Gasteiger partial charge in [0, 0.05) is 17.8 Å². The monoisotopic (exact) mass is 311 g/mol. The van der Waals surface area contributed by atoms with Crippen LogP contribution in [0.2, 0.25) is 5.15 Å². The Balaban J connectivity index is 1.74. The highest BCUT2D eigenvalue weighted by molar-refractivity contribution is 6.29. The first kappa shape index (κ1) is 13.3. The van der Waals surface area contributed by atoms with E-state index < -0.39 is 0 Å². The molecule has 0 amide bonds. The molecule has 0 saturated heterocycles. The van der Waals surface area contributed by atoms with E-state index in [9.17, 15) is 0 Å². The molecule has 4 nitrogen and oxygen atoms in total. The highest BCUT2D eigenvalue weighted by atomic mass is 35.5. The SMILES string of the molecule is Clc1cc(Oc2cn(C3CC3)nc2-c2ccccc2)ccn1. The van der Waals surface area contributed by atoms with Crippen molar-refractivity contribution in [3.8, 4) is 22.8 Å². The summed E-state index contributed by atoms with van der Waals surface area (Å²) in [6.45, 7) is 0. The first-order valence-corrected chi connectivity index (χ1v) is 7.61. The third-order valence-electron chi connectivity index (χ3n) is 3.59. The van der Waals surface area contributed by atoms with Gasteiger partial charge in [-0.3, -0.25) is 4.68 Å². The number of nitrogens with zero attached hydrogens (tertiary/aromatic N) is 3. The van der Waals surface area contributed by atoms with E-state index in [0.717, 1.165) is 17.0 Å². The molecule has 3 aromatic rings. The lowest BCUT2D eigenvalue weighted by Gasteiger charge is -2.05. The summed E-state index contributed by atoms with van der Waals surface area (Å²) in [6.07, 6.45) is 5.95. The number of pyridine rings is 1. The molecule has 0 bridgehead atoms. The molecule has 5 heteroatoms. The maximum Gasteiger partial charge on any atom is 0.173 e. The molecule has 2 aromatic heterocycles. The van der Waals surface area contributed by atoms with Gasteiger partial charge in [-0.25, -0.2) is 4.98 Å². The molecule has 1 fully saturated rings. The van der Waals surface area contributed by atoms with Crippen molar-refractivity contribution >= 4 is 11.6 Å². The summed E-state index contributed by atoms with van der Waals surface area (Å²) in [7, 11) is 0. The van der Waals surface area contributed by atoms with E-state index in [1.54, 1.807) is 18.3 Å². The molecule has 1 aromatic carbocycles. The highest BCUT2D eigenvalue weighted by Crippen LogP contribution is 2.39. The van der Waals surface area contributed by atoms with Crippen molar-refractivity contribution in [1.29, 1.82) is 0 Å². The lowest BCUT2D eigenvalue weighted by molar-refractivity contribution is 0.481. The van der Waals surface area contributed by atoms with Crippen molar-refractivity contribution in [2.45, 2.75) is 18.9 Å². The number of hydrogen-bond acceptors (Lipinski definition) is 3. The van der Waals surface area contributed by atoms with Crippen LogP contribution in [0.25, 0.3) is 11.3 Å². The van der Waals surface area contributed by atoms with Crippen LogP contribution in [-0.2, 0) is 0 Å². The largest absolute Gasteiger partial charge is 0.453 e. The fraction of sp³-hybridized carbons (Fsp3) is 0.176. The summed E-state index contributed by atoms with van der Waals surface area (Å²) >= 11 is 5.92. The van der Waals surface area contributed by atoms with Gasteiger partial charge in [0.25, 0.3) is 0 Å². The third-order valence-corrected chi connectivity index (χ3v) is 3.80. The number of benzene rings is 1. The van der Waals surface area contributed by atoms with E-state index in [1.807, 2.05) is 41.2 Å². The molecule has 0 spiro atoms. The molecule has 0 atom stereocenters. The number of hydrogen-bond donors (Lipinski definition) is 0. The van der Waals surface area contributed by atoms with E-state index in [2.05, 4.69) is 4.98 Å². The lowest BCUT2D eigenvalue weighted by Crippen LogP contribution is -1.93. The van der Waals surface area contributed by atoms with Crippen LogP contribution in [0.15, 0.2) is 54.9 Å². The van der Waals surface area contributed by atoms with E-state index >= 15 is 0 Å². The standard InChI is InChI=1S/C17H14ClN3O/c18-16-10-14(8-9-19-16)22-15-11-21(13-6-7-13)20-17(15)12-4-2-1-3-5-12/h1-5,8-11,13H,6-7H2. The van der Waals surface area contributed by atoms with Crippen molar-refractivity contribution in [1.82, 2.24) is 14.8 Å². The molecule has 1 aliphatic rings. The Labute approximate surface area is 133 Å². The molecule has 0 aliphatic heterocycles. The van der Waals surface area contributed by atoms with Gasteiger partial charge in [-0.2, -0.15) is 5.10 Å². The van der Waals surface area contributed by atoms with Crippen LogP contribution in [0, 0.1) is 0 Å². The number of ether oxygens (including phenoxy) is 1. The molecular weight excluding hydrogens is 298 g/mol. The van der Waals surface area contributed by atoms with Crippen LogP contribution in [0.4, 0.5) is 0 Å². The minimum atomic E-state index is 0.411. The third kappa shape index (κ3) is 2.70. The highest BCUT2D eigenvalue weighted by Gasteiger charge is 2.26. The number of aromatic nitrogens is 3. The first-order chi connectivity index (χ1) is 10.8. The van der Waals surface area contributed by atoms with Crippen molar-refractivity contribution in [2.24, 2.45) is 0 Å². The van der Waals surface area contributed by atoms with Gasteiger partial charge in [-0.15, -0.1) is 0 Å². The maximum atomic E-state index is 6.00. The predicted octanol–water partition coefficient (Wildman–Crippen LogP) is 4.73. The van der Waals surface area contributed by atoms with E-state index in [4.69, 9.17) is 21.4 Å². The molecule has 1 aliphatic carbocycles. The molecule has 110 valence electrons. The van der Waals surface area contributed by atoms with Crippen LogP contribution < -0.4 is 4.74 Å². The summed E-state index contributed by atoms with van der Waals surface area (Å²) in [5, 5.41) is 5.11. The Hall–Kier alpha value is -2.33. The Morgan fingerprint density at radius 3 is 2.68 bits per heavy atom. The van der Waals surface area contributed by atoms with Crippen LogP contribution >= 0.6 is 11.6 Å². The van der Waals surface area contributed by atoms with Crippen LogP contribution in [0.3, 0.4) is 0 Å². The first-order valence-electron chi connectivity index (χ1n) is 7.23. The summed E-state index contributed by atoms with van der Waals surface area (Å²) in [5.41, 5.74) is 1.89. The van der Waals surface area contributed by atoms with Crippen LogP contribution in [0.5, 0.6) is 11.5 Å². The lowest BCUT2D eigenvalue weighted by atomic mass is 10.1. The normalized spacial score (nSPS) is 14.0. The Morgan fingerprint density at radius 1 is 1.14 bits per heavy atom. The average Bonchev–Trinajstić information content (AvgIpc) is 3.30. The minimum absolute atomic E-state index is 0.411. The number of rotatable bonds is 4. The summed E-state index contributed by atoms with van der Waals surface area (Å²) < 4.78 is 8.00. The van der Waals surface area contributed by atoms with Crippen LogP contribution in [0.1, 0.15) is 18.9 Å². The van der Waals surface area contributed by atoms with Crippen LogP contribution in [-0.4, -0.2) is 14.8 Å². The zero-order valence-electron chi connectivity index (χ0n) is 11.8. The van der Waals surface area contributed by atoms with Gasteiger partial charge in [-0.05, 0) is 18.9 Å². The molecule has 0 N–H and O–H groups in total. The second-order valence-corrected chi connectivity index (χ2v) is 5.72. The van der Waals surface area contributed by atoms with Gasteiger partial charge in [0.15, 0.2) is 5.75 Å². The van der Waals surface area contributed by atoms with Gasteiger partial charge in [-0.1, -0.05) is 41.9 Å². The van der Waals surface area contributed by atoms with E-state index in [-0.39, 0.29) is 0 Å². The topological polar surface area (TPSA) is 39.9 Å². The zero-order valence-corrected chi connectivity index (χ0v) is 12.6. The van der Waals surface area contributed by atoms with Gasteiger partial charge in [0.05, 0.1) is 12.2 Å². The summed E-state index contributed by atoms with van der Waals surface area (Å²) in [5.74, 6) is 1.40. The quantitative estimate of drug-likeness (QED) is 0.654. The Morgan fingerprint density at radius 2 is 1.95 bits per heavy atom. The predicted molar refractivity (Wildman–Crippen MR) is 85.3 cm³/mol. The number of halogens is 1. The maximum absolute atomic E-state index is 6.00. The second-order valence-electron chi connectivity index (χ2n) is 5.34. The van der Waals surface area contributed by atoms with Gasteiger partial charge >= 0.3 is 0 Å². The van der Waals surface area contributed by atoms with Gasteiger partial charge in [0.2, 0.25) is 0 Å². The van der Waals surface area contributed by atoms with Gasteiger partial charge in [0.1, 0.15) is 16.6 Å². The smallest absolute Gasteiger partial charge is 0.173 e. The molecule has 2 heterocycles. The van der Waals surface area contributed by atoms with Crippen molar-refractivity contribution in [3.63, 3.8) is 0 Å². The van der Waals surface area contributed by atoms with Crippen molar-refractivity contribution in [3.05, 3.63) is 60.0 Å². The molecular formula is C17H14ClN3O. The second kappa shape index (κ2) is 5.46. The molecule has 0 radical (unpaired) electrons. The van der Waals surface area contributed by atoms with E-state index in [0.29, 0.717) is 16.9 Å². The summed E-state index contributed by atoms with van der Waals surface area (Å²) in [6, 6.07) is 14.0. The van der Waals surface area contributed by atoms with Crippen molar-refractivity contribution < 1.29 is 4.74 Å². The molecule has 0 unspecified atom stereocenters. The van der Waals surface area contributed by atoms with Gasteiger partial charge < -0.3 is 4.74 Å². The van der Waals surface area contributed by atoms with E-state index in [1.165, 1.54) is 12.8 Å². The fourth-order valence-electron chi connectivity index (χ4n) is 2.35.